The Morgan fingerprint density at radius 2 is 1.57 bits per heavy atom. The van der Waals surface area contributed by atoms with Crippen LogP contribution >= 0.6 is 0 Å². The Kier molecular flexibility index (Phi) is 4.16. The Labute approximate surface area is 119 Å². The lowest BCUT2D eigenvalue weighted by Crippen LogP contribution is -2.22. The molecule has 0 bridgehead atoms. The average molecular weight is 295 g/mol. The first-order valence-corrected chi connectivity index (χ1v) is 6.10. The standard InChI is InChI=1S/C15H12F3NO2/c16-15(17,18)11-8-4-5-9-12(11)19-13(14(20)21)10-6-2-1-3-7-10/h1-9,13,19H,(H,20,21). The molecule has 0 aromatic heterocycles. The molecule has 0 amide bonds. The van der Waals surface area contributed by atoms with Gasteiger partial charge in [0.25, 0.3) is 0 Å². The number of rotatable bonds is 4. The number of para-hydroxylation sites is 1. The van der Waals surface area contributed by atoms with Gasteiger partial charge in [0.2, 0.25) is 0 Å². The van der Waals surface area contributed by atoms with E-state index in [0.29, 0.717) is 5.56 Å². The van der Waals surface area contributed by atoms with Gasteiger partial charge in [0, 0.05) is 5.69 Å². The molecule has 1 atom stereocenters. The van der Waals surface area contributed by atoms with E-state index in [-0.39, 0.29) is 5.69 Å². The van der Waals surface area contributed by atoms with E-state index in [0.717, 1.165) is 6.07 Å². The van der Waals surface area contributed by atoms with Gasteiger partial charge in [-0.2, -0.15) is 13.2 Å². The van der Waals surface area contributed by atoms with Crippen molar-refractivity contribution in [1.82, 2.24) is 0 Å². The van der Waals surface area contributed by atoms with Crippen molar-refractivity contribution in [3.63, 3.8) is 0 Å². The van der Waals surface area contributed by atoms with Crippen LogP contribution in [-0.2, 0) is 11.0 Å². The van der Waals surface area contributed by atoms with Crippen molar-refractivity contribution in [2.45, 2.75) is 12.2 Å². The van der Waals surface area contributed by atoms with Crippen LogP contribution in [0.5, 0.6) is 0 Å². The second kappa shape index (κ2) is 5.87. The Balaban J connectivity index is 2.37. The van der Waals surface area contributed by atoms with E-state index >= 15 is 0 Å². The van der Waals surface area contributed by atoms with Crippen LogP contribution in [0.2, 0.25) is 0 Å². The Morgan fingerprint density at radius 3 is 2.14 bits per heavy atom. The molecule has 0 aliphatic carbocycles. The maximum Gasteiger partial charge on any atom is 0.418 e. The number of hydrogen-bond acceptors (Lipinski definition) is 2. The molecule has 2 N–H and O–H groups in total. The quantitative estimate of drug-likeness (QED) is 0.898. The Morgan fingerprint density at radius 1 is 1.00 bits per heavy atom. The second-order valence-corrected chi connectivity index (χ2v) is 4.37. The predicted molar refractivity (Wildman–Crippen MR) is 71.9 cm³/mol. The van der Waals surface area contributed by atoms with Crippen molar-refractivity contribution < 1.29 is 23.1 Å². The molecule has 2 aromatic carbocycles. The normalized spacial score (nSPS) is 12.7. The van der Waals surface area contributed by atoms with Gasteiger partial charge < -0.3 is 10.4 Å². The lowest BCUT2D eigenvalue weighted by molar-refractivity contribution is -0.139. The third-order valence-corrected chi connectivity index (χ3v) is 2.91. The molecule has 2 aromatic rings. The summed E-state index contributed by atoms with van der Waals surface area (Å²) in [6.07, 6.45) is -4.55. The van der Waals surface area contributed by atoms with Crippen LogP contribution in [0.3, 0.4) is 0 Å². The summed E-state index contributed by atoms with van der Waals surface area (Å²) in [5.74, 6) is -1.25. The summed E-state index contributed by atoms with van der Waals surface area (Å²) in [7, 11) is 0. The lowest BCUT2D eigenvalue weighted by atomic mass is 10.1. The van der Waals surface area contributed by atoms with Gasteiger partial charge in [-0.15, -0.1) is 0 Å². The maximum absolute atomic E-state index is 12.9. The molecule has 0 saturated carbocycles. The van der Waals surface area contributed by atoms with Crippen molar-refractivity contribution >= 4 is 11.7 Å². The molecule has 0 spiro atoms. The predicted octanol–water partition coefficient (Wildman–Crippen LogP) is 3.94. The number of anilines is 1. The van der Waals surface area contributed by atoms with Crippen molar-refractivity contribution in [1.29, 1.82) is 0 Å². The molecule has 110 valence electrons. The molecule has 0 aliphatic heterocycles. The largest absolute Gasteiger partial charge is 0.479 e. The van der Waals surface area contributed by atoms with Gasteiger partial charge in [0.15, 0.2) is 6.04 Å². The summed E-state index contributed by atoms with van der Waals surface area (Å²) >= 11 is 0. The van der Waals surface area contributed by atoms with E-state index in [1.54, 1.807) is 30.3 Å². The number of carbonyl (C=O) groups is 1. The fraction of sp³-hybridized carbons (Fsp3) is 0.133. The number of nitrogens with one attached hydrogen (secondary N) is 1. The molecule has 0 saturated heterocycles. The van der Waals surface area contributed by atoms with Crippen LogP contribution in [0.15, 0.2) is 54.6 Å². The highest BCUT2D eigenvalue weighted by molar-refractivity contribution is 5.79. The molecule has 2 rings (SSSR count). The fourth-order valence-electron chi connectivity index (χ4n) is 1.94. The zero-order valence-electron chi connectivity index (χ0n) is 10.8. The van der Waals surface area contributed by atoms with E-state index in [1.807, 2.05) is 0 Å². The van der Waals surface area contributed by atoms with Crippen LogP contribution in [0.25, 0.3) is 0 Å². The highest BCUT2D eigenvalue weighted by Gasteiger charge is 2.34. The van der Waals surface area contributed by atoms with Crippen LogP contribution in [0.4, 0.5) is 18.9 Å². The number of benzene rings is 2. The zero-order chi connectivity index (χ0) is 15.5. The van der Waals surface area contributed by atoms with E-state index in [4.69, 9.17) is 0 Å². The smallest absolute Gasteiger partial charge is 0.418 e. The summed E-state index contributed by atoms with van der Waals surface area (Å²) in [5.41, 5.74) is -0.782. The van der Waals surface area contributed by atoms with Crippen molar-refractivity contribution in [2.75, 3.05) is 5.32 Å². The summed E-state index contributed by atoms with van der Waals surface area (Å²) in [4.78, 5) is 11.3. The van der Waals surface area contributed by atoms with Crippen molar-refractivity contribution in [2.24, 2.45) is 0 Å². The SMILES string of the molecule is O=C(O)C(Nc1ccccc1C(F)(F)F)c1ccccc1. The zero-order valence-corrected chi connectivity index (χ0v) is 10.8. The summed E-state index contributed by atoms with van der Waals surface area (Å²) in [5, 5.41) is 11.7. The molecule has 0 heterocycles. The van der Waals surface area contributed by atoms with Gasteiger partial charge in [0.1, 0.15) is 0 Å². The van der Waals surface area contributed by atoms with E-state index in [1.165, 1.54) is 18.2 Å². The highest BCUT2D eigenvalue weighted by Crippen LogP contribution is 2.36. The molecule has 21 heavy (non-hydrogen) atoms. The van der Waals surface area contributed by atoms with E-state index in [9.17, 15) is 23.1 Å². The van der Waals surface area contributed by atoms with Crippen LogP contribution < -0.4 is 5.32 Å². The molecule has 3 nitrogen and oxygen atoms in total. The first-order valence-electron chi connectivity index (χ1n) is 6.10. The average Bonchev–Trinajstić information content (AvgIpc) is 2.44. The van der Waals surface area contributed by atoms with Gasteiger partial charge >= 0.3 is 12.1 Å². The third-order valence-electron chi connectivity index (χ3n) is 2.91. The van der Waals surface area contributed by atoms with Crippen LogP contribution in [0, 0.1) is 0 Å². The molecule has 6 heteroatoms. The van der Waals surface area contributed by atoms with Gasteiger partial charge in [-0.1, -0.05) is 42.5 Å². The fourth-order valence-corrected chi connectivity index (χ4v) is 1.94. The molecule has 0 fully saturated rings. The number of carboxylic acid groups (broad SMARTS) is 1. The van der Waals surface area contributed by atoms with Crippen LogP contribution in [0.1, 0.15) is 17.2 Å². The van der Waals surface area contributed by atoms with Crippen molar-refractivity contribution in [3.8, 4) is 0 Å². The molecular weight excluding hydrogens is 283 g/mol. The van der Waals surface area contributed by atoms with Gasteiger partial charge in [-0.05, 0) is 17.7 Å². The molecular formula is C15H12F3NO2. The minimum Gasteiger partial charge on any atom is -0.479 e. The first kappa shape index (κ1) is 14.9. The number of carboxylic acids is 1. The third kappa shape index (κ3) is 3.53. The van der Waals surface area contributed by atoms with Crippen LogP contribution in [-0.4, -0.2) is 11.1 Å². The second-order valence-electron chi connectivity index (χ2n) is 4.37. The van der Waals surface area contributed by atoms with Gasteiger partial charge in [0.05, 0.1) is 5.56 Å². The lowest BCUT2D eigenvalue weighted by Gasteiger charge is -2.19. The van der Waals surface area contributed by atoms with Crippen molar-refractivity contribution in [3.05, 3.63) is 65.7 Å². The van der Waals surface area contributed by atoms with Gasteiger partial charge in [-0.25, -0.2) is 4.79 Å². The number of halogens is 3. The summed E-state index contributed by atoms with van der Waals surface area (Å²) in [6.45, 7) is 0. The monoisotopic (exact) mass is 295 g/mol. The minimum atomic E-state index is -4.55. The van der Waals surface area contributed by atoms with E-state index in [2.05, 4.69) is 5.32 Å². The molecule has 1 unspecified atom stereocenters. The Hall–Kier alpha value is -2.50. The van der Waals surface area contributed by atoms with E-state index < -0.39 is 23.8 Å². The first-order chi connectivity index (χ1) is 9.89. The Bertz CT molecular complexity index is 626. The summed E-state index contributed by atoms with van der Waals surface area (Å²) in [6, 6.07) is 11.6. The topological polar surface area (TPSA) is 49.3 Å². The number of alkyl halides is 3. The minimum absolute atomic E-state index is 0.263. The highest BCUT2D eigenvalue weighted by atomic mass is 19.4. The number of aliphatic carboxylic acids is 1. The maximum atomic E-state index is 12.9. The number of hydrogen-bond donors (Lipinski definition) is 2. The molecule has 0 aliphatic rings. The summed E-state index contributed by atoms with van der Waals surface area (Å²) < 4.78 is 38.7. The van der Waals surface area contributed by atoms with Gasteiger partial charge in [-0.3, -0.25) is 0 Å². The molecule has 0 radical (unpaired) electrons.